The highest BCUT2D eigenvalue weighted by Gasteiger charge is 2.53. The van der Waals surface area contributed by atoms with E-state index in [1.807, 2.05) is 112 Å². The minimum Gasteiger partial charge on any atom is -0.441 e. The van der Waals surface area contributed by atoms with Crippen LogP contribution >= 0.6 is 8.07 Å². The van der Waals surface area contributed by atoms with Crippen molar-refractivity contribution in [1.29, 1.82) is 0 Å². The number of rotatable bonds is 16. The minimum absolute atomic E-state index is 0.0254. The molecule has 0 radical (unpaired) electrons. The largest absolute Gasteiger partial charge is 0.468 e. The molecule has 0 saturated carbocycles. The van der Waals surface area contributed by atoms with Gasteiger partial charge in [0.25, 0.3) is 5.90 Å². The lowest BCUT2D eigenvalue weighted by atomic mass is 9.97. The van der Waals surface area contributed by atoms with E-state index in [2.05, 4.69) is 4.99 Å². The molecule has 1 heterocycles. The smallest absolute Gasteiger partial charge is 0.441 e. The lowest BCUT2D eigenvalue weighted by Crippen LogP contribution is -2.62. The fraction of sp³-hybridized carbons (Fsp3) is 0.375. The minimum atomic E-state index is -4.97. The molecule has 2 N–H and O–H groups in total. The molecular formula is C40H46F3N2O6P. The van der Waals surface area contributed by atoms with E-state index in [0.717, 1.165) is 16.7 Å². The summed E-state index contributed by atoms with van der Waals surface area (Å²) in [4.78, 5) is 3.84. The van der Waals surface area contributed by atoms with E-state index in [9.17, 15) is 13.2 Å². The van der Waals surface area contributed by atoms with Crippen LogP contribution in [-0.2, 0) is 48.2 Å². The number of halogens is 3. The predicted octanol–water partition coefficient (Wildman–Crippen LogP) is 8.76. The molecule has 6 atom stereocenters. The lowest BCUT2D eigenvalue weighted by molar-refractivity contribution is -0.361. The standard InChI is InChI=1S/C40H46F3N2O6P/c1-39(2,28-52(3)44)27-49-36-34(47-25-30-18-10-5-11-19-30)33(46-24-29-16-8-4-9-17-29)35(48-26-31-20-12-6-13-21-31)37(50-36)51-38(40(41,42)43)45-32-22-14-7-15-23-32/h4-23,33-37H,24-28,44H2,1-3H3. The Morgan fingerprint density at radius 2 is 1.08 bits per heavy atom. The topological polar surface area (TPSA) is 93.8 Å². The molecule has 1 saturated heterocycles. The van der Waals surface area contributed by atoms with Gasteiger partial charge in [-0.2, -0.15) is 13.2 Å². The van der Waals surface area contributed by atoms with Gasteiger partial charge in [-0.15, -0.1) is 0 Å². The Bertz CT molecular complexity index is 1650. The zero-order valence-corrected chi connectivity index (χ0v) is 30.4. The van der Waals surface area contributed by atoms with Crippen molar-refractivity contribution in [2.75, 3.05) is 19.4 Å². The molecule has 1 fully saturated rings. The van der Waals surface area contributed by atoms with Crippen LogP contribution in [0.1, 0.15) is 30.5 Å². The monoisotopic (exact) mass is 738 g/mol. The average Bonchev–Trinajstić information content (AvgIpc) is 3.12. The zero-order chi connectivity index (χ0) is 37.0. The van der Waals surface area contributed by atoms with Gasteiger partial charge in [-0.05, 0) is 55.1 Å². The molecule has 0 aromatic heterocycles. The number of hydrogen-bond acceptors (Lipinski definition) is 8. The molecule has 1 aliphatic heterocycles. The molecule has 8 nitrogen and oxygen atoms in total. The summed E-state index contributed by atoms with van der Waals surface area (Å²) in [6.45, 7) is 6.44. The van der Waals surface area contributed by atoms with Crippen LogP contribution in [0.5, 0.6) is 0 Å². The highest BCUT2D eigenvalue weighted by Crippen LogP contribution is 2.36. The summed E-state index contributed by atoms with van der Waals surface area (Å²) in [5.41, 5.74) is 8.38. The maximum atomic E-state index is 14.7. The molecule has 0 bridgehead atoms. The number of benzene rings is 4. The molecule has 12 heteroatoms. The summed E-state index contributed by atoms with van der Waals surface area (Å²) in [6, 6.07) is 36.0. The van der Waals surface area contributed by atoms with Crippen molar-refractivity contribution in [2.45, 2.75) is 70.7 Å². The first-order valence-corrected chi connectivity index (χ1v) is 19.1. The number of nitrogens with zero attached hydrogens (tertiary/aromatic N) is 1. The molecule has 4 aromatic rings. The van der Waals surface area contributed by atoms with Crippen molar-refractivity contribution in [2.24, 2.45) is 15.9 Å². The van der Waals surface area contributed by atoms with Crippen LogP contribution < -0.4 is 5.50 Å². The number of alkyl halides is 3. The van der Waals surface area contributed by atoms with Gasteiger partial charge in [0.2, 0.25) is 6.29 Å². The summed E-state index contributed by atoms with van der Waals surface area (Å²) in [7, 11) is -0.761. The normalized spacial score (nSPS) is 21.8. The van der Waals surface area contributed by atoms with Gasteiger partial charge in [-0.25, -0.2) is 4.99 Å². The van der Waals surface area contributed by atoms with E-state index in [1.54, 1.807) is 18.2 Å². The maximum Gasteiger partial charge on any atom is 0.468 e. The van der Waals surface area contributed by atoms with Crippen LogP contribution in [-0.4, -0.2) is 62.4 Å². The van der Waals surface area contributed by atoms with E-state index in [1.165, 1.54) is 12.1 Å². The fourth-order valence-corrected chi connectivity index (χ4v) is 7.21. The Balaban J connectivity index is 1.56. The van der Waals surface area contributed by atoms with Crippen LogP contribution in [0.4, 0.5) is 18.9 Å². The Labute approximate surface area is 304 Å². The van der Waals surface area contributed by atoms with Gasteiger partial charge in [-0.3, -0.25) is 0 Å². The van der Waals surface area contributed by atoms with Gasteiger partial charge in [0.15, 0.2) is 6.29 Å². The first-order valence-electron chi connectivity index (χ1n) is 17.0. The molecule has 4 aromatic carbocycles. The van der Waals surface area contributed by atoms with E-state index in [0.29, 0.717) is 6.16 Å². The SMILES string of the molecule is CP(N)CC(C)(C)COC1OC(OC(=Nc2ccccc2)C(F)(F)F)C(OCc2ccccc2)C(OCc2ccccc2)C1OCc1ccccc1. The van der Waals surface area contributed by atoms with Crippen molar-refractivity contribution in [1.82, 2.24) is 0 Å². The zero-order valence-electron chi connectivity index (χ0n) is 29.5. The predicted molar refractivity (Wildman–Crippen MR) is 196 cm³/mol. The van der Waals surface area contributed by atoms with Crippen LogP contribution in [0.15, 0.2) is 126 Å². The average molecular weight is 739 g/mol. The number of para-hydroxylation sites is 1. The lowest BCUT2D eigenvalue weighted by Gasteiger charge is -2.46. The van der Waals surface area contributed by atoms with Crippen LogP contribution in [0, 0.1) is 5.41 Å². The molecule has 0 amide bonds. The highest BCUT2D eigenvalue weighted by molar-refractivity contribution is 7.54. The molecule has 278 valence electrons. The molecule has 52 heavy (non-hydrogen) atoms. The van der Waals surface area contributed by atoms with E-state index in [-0.39, 0.29) is 37.5 Å². The van der Waals surface area contributed by atoms with Crippen LogP contribution in [0.25, 0.3) is 0 Å². The summed E-state index contributed by atoms with van der Waals surface area (Å²) in [5, 5.41) is 0. The maximum absolute atomic E-state index is 14.7. The Hall–Kier alpha value is -3.67. The van der Waals surface area contributed by atoms with Gasteiger partial charge in [0.1, 0.15) is 18.3 Å². The third-order valence-corrected chi connectivity index (χ3v) is 9.44. The summed E-state index contributed by atoms with van der Waals surface area (Å²) in [6.07, 6.45) is -10.4. The molecule has 0 aliphatic carbocycles. The fourth-order valence-electron chi connectivity index (χ4n) is 5.76. The summed E-state index contributed by atoms with van der Waals surface area (Å²) in [5.74, 6) is -1.50. The molecule has 6 unspecified atom stereocenters. The molecule has 5 rings (SSSR count). The molecular weight excluding hydrogens is 692 g/mol. The second-order valence-electron chi connectivity index (χ2n) is 13.4. The van der Waals surface area contributed by atoms with Crippen molar-refractivity contribution < 1.29 is 41.6 Å². The Morgan fingerprint density at radius 3 is 1.52 bits per heavy atom. The second-order valence-corrected chi connectivity index (χ2v) is 15.2. The van der Waals surface area contributed by atoms with Crippen molar-refractivity contribution in [3.05, 3.63) is 138 Å². The van der Waals surface area contributed by atoms with E-state index in [4.69, 9.17) is 33.9 Å². The number of nitrogens with two attached hydrogens (primary N) is 1. The molecule has 1 aliphatic rings. The quantitative estimate of drug-likeness (QED) is 0.0698. The first kappa shape index (κ1) is 39.5. The van der Waals surface area contributed by atoms with Gasteiger partial charge in [0.05, 0.1) is 32.1 Å². The third-order valence-electron chi connectivity index (χ3n) is 8.08. The van der Waals surface area contributed by atoms with Gasteiger partial charge < -0.3 is 33.9 Å². The first-order chi connectivity index (χ1) is 25.0. The Kier molecular flexibility index (Phi) is 14.4. The van der Waals surface area contributed by atoms with Crippen molar-refractivity contribution in [3.63, 3.8) is 0 Å². The number of hydrogen-bond donors (Lipinski definition) is 1. The van der Waals surface area contributed by atoms with Gasteiger partial charge >= 0.3 is 6.18 Å². The highest BCUT2D eigenvalue weighted by atomic mass is 31.1. The third kappa shape index (κ3) is 12.2. The van der Waals surface area contributed by atoms with Crippen molar-refractivity contribution >= 4 is 19.7 Å². The van der Waals surface area contributed by atoms with Crippen molar-refractivity contribution in [3.8, 4) is 0 Å². The van der Waals surface area contributed by atoms with Gasteiger partial charge in [-0.1, -0.05) is 123 Å². The summed E-state index contributed by atoms with van der Waals surface area (Å²) < 4.78 is 82.1. The Morgan fingerprint density at radius 1 is 0.654 bits per heavy atom. The van der Waals surface area contributed by atoms with Crippen LogP contribution in [0.2, 0.25) is 0 Å². The van der Waals surface area contributed by atoms with E-state index >= 15 is 0 Å². The summed E-state index contributed by atoms with van der Waals surface area (Å²) >= 11 is 0. The van der Waals surface area contributed by atoms with Gasteiger partial charge in [0, 0.05) is 0 Å². The van der Waals surface area contributed by atoms with E-state index < -0.39 is 51.0 Å². The van der Waals surface area contributed by atoms with Crippen LogP contribution in [0.3, 0.4) is 0 Å². The molecule has 0 spiro atoms. The number of ether oxygens (including phenoxy) is 6. The number of aliphatic imine (C=N–C) groups is 1. The second kappa shape index (κ2) is 18.9.